The van der Waals surface area contributed by atoms with Crippen LogP contribution in [0.1, 0.15) is 11.5 Å². The summed E-state index contributed by atoms with van der Waals surface area (Å²) in [6.07, 6.45) is 0. The average molecular weight is 224 g/mol. The van der Waals surface area contributed by atoms with Crippen LogP contribution in [0.15, 0.2) is 22.7 Å². The number of phenolic OH excluding ortho intramolecular Hbond substituents is 1. The molecular formula is C11H10ClNO2. The smallest absolute Gasteiger partial charge is 0.141 e. The molecule has 0 aliphatic rings. The molecule has 0 unspecified atom stereocenters. The fourth-order valence-corrected chi connectivity index (χ4v) is 1.74. The van der Waals surface area contributed by atoms with Crippen molar-refractivity contribution in [2.75, 3.05) is 0 Å². The molecule has 4 heteroatoms. The summed E-state index contributed by atoms with van der Waals surface area (Å²) < 4.78 is 5.06. The molecule has 0 saturated heterocycles. The molecule has 0 spiro atoms. The summed E-state index contributed by atoms with van der Waals surface area (Å²) in [5.74, 6) is 0.821. The largest absolute Gasteiger partial charge is 0.506 e. The Morgan fingerprint density at radius 1 is 1.33 bits per heavy atom. The van der Waals surface area contributed by atoms with Gasteiger partial charge in [-0.1, -0.05) is 22.8 Å². The van der Waals surface area contributed by atoms with Gasteiger partial charge in [0.05, 0.1) is 10.7 Å². The van der Waals surface area contributed by atoms with Crippen LogP contribution >= 0.6 is 11.6 Å². The average Bonchev–Trinajstić information content (AvgIpc) is 2.52. The van der Waals surface area contributed by atoms with Gasteiger partial charge < -0.3 is 9.63 Å². The van der Waals surface area contributed by atoms with Gasteiger partial charge in [-0.3, -0.25) is 0 Å². The second-order valence-corrected chi connectivity index (χ2v) is 3.77. The van der Waals surface area contributed by atoms with Gasteiger partial charge in [0.1, 0.15) is 11.5 Å². The van der Waals surface area contributed by atoms with E-state index in [0.29, 0.717) is 5.02 Å². The molecule has 1 aromatic heterocycles. The number of aromatic hydroxyl groups is 1. The zero-order valence-electron chi connectivity index (χ0n) is 8.41. The lowest BCUT2D eigenvalue weighted by atomic mass is 10.0. The Kier molecular flexibility index (Phi) is 2.40. The molecule has 0 amide bonds. The van der Waals surface area contributed by atoms with Gasteiger partial charge >= 0.3 is 0 Å². The highest BCUT2D eigenvalue weighted by Gasteiger charge is 2.12. The van der Waals surface area contributed by atoms with Gasteiger partial charge in [0.15, 0.2) is 0 Å². The predicted molar refractivity (Wildman–Crippen MR) is 58.1 cm³/mol. The summed E-state index contributed by atoms with van der Waals surface area (Å²) in [7, 11) is 0. The van der Waals surface area contributed by atoms with E-state index in [9.17, 15) is 5.11 Å². The summed E-state index contributed by atoms with van der Waals surface area (Å²) >= 11 is 5.83. The van der Waals surface area contributed by atoms with Crippen LogP contribution in [0, 0.1) is 13.8 Å². The highest BCUT2D eigenvalue weighted by molar-refractivity contribution is 6.32. The lowest BCUT2D eigenvalue weighted by Crippen LogP contribution is -1.81. The number of halogens is 1. The number of phenols is 1. The van der Waals surface area contributed by atoms with Gasteiger partial charge in [-0.15, -0.1) is 0 Å². The minimum atomic E-state index is 0.0761. The predicted octanol–water partition coefficient (Wildman–Crippen LogP) is 3.32. The van der Waals surface area contributed by atoms with Crippen molar-refractivity contribution in [3.05, 3.63) is 34.7 Å². The first-order valence-corrected chi connectivity index (χ1v) is 4.89. The van der Waals surface area contributed by atoms with Crippen LogP contribution in [0.5, 0.6) is 5.75 Å². The topological polar surface area (TPSA) is 46.3 Å². The number of hydrogen-bond donors (Lipinski definition) is 1. The summed E-state index contributed by atoms with van der Waals surface area (Å²) in [4.78, 5) is 0. The van der Waals surface area contributed by atoms with Crippen LogP contribution in [0.4, 0.5) is 0 Å². The van der Waals surface area contributed by atoms with Crippen molar-refractivity contribution in [1.82, 2.24) is 5.16 Å². The van der Waals surface area contributed by atoms with Crippen LogP contribution in [-0.4, -0.2) is 10.3 Å². The Morgan fingerprint density at radius 2 is 2.07 bits per heavy atom. The van der Waals surface area contributed by atoms with E-state index < -0.39 is 0 Å². The summed E-state index contributed by atoms with van der Waals surface area (Å²) in [6.45, 7) is 3.71. The first kappa shape index (κ1) is 10.1. The van der Waals surface area contributed by atoms with Gasteiger partial charge in [-0.2, -0.15) is 0 Å². The van der Waals surface area contributed by atoms with Crippen molar-refractivity contribution in [2.24, 2.45) is 0 Å². The normalized spacial score (nSPS) is 10.6. The van der Waals surface area contributed by atoms with E-state index in [1.165, 1.54) is 0 Å². The van der Waals surface area contributed by atoms with E-state index in [4.69, 9.17) is 16.1 Å². The molecule has 0 aliphatic heterocycles. The minimum absolute atomic E-state index is 0.0761. The van der Waals surface area contributed by atoms with Gasteiger partial charge in [0.25, 0.3) is 0 Å². The van der Waals surface area contributed by atoms with E-state index in [0.717, 1.165) is 22.6 Å². The number of nitrogens with zero attached hydrogens (tertiary/aromatic N) is 1. The maximum absolute atomic E-state index is 9.31. The minimum Gasteiger partial charge on any atom is -0.506 e. The summed E-state index contributed by atoms with van der Waals surface area (Å²) in [5, 5.41) is 13.5. The Labute approximate surface area is 92.3 Å². The van der Waals surface area contributed by atoms with Crippen molar-refractivity contribution >= 4 is 11.6 Å². The number of aromatic nitrogens is 1. The Balaban J connectivity index is 2.59. The van der Waals surface area contributed by atoms with Crippen LogP contribution in [0.25, 0.3) is 11.1 Å². The molecule has 1 heterocycles. The molecule has 0 saturated carbocycles. The highest BCUT2D eigenvalue weighted by Crippen LogP contribution is 2.32. The molecule has 1 N–H and O–H groups in total. The third-order valence-electron chi connectivity index (χ3n) is 2.27. The Morgan fingerprint density at radius 3 is 2.60 bits per heavy atom. The molecule has 2 aromatic rings. The van der Waals surface area contributed by atoms with Gasteiger partial charge in [-0.25, -0.2) is 0 Å². The SMILES string of the molecule is Cc1noc(C)c1-c1ccc(O)c(Cl)c1. The monoisotopic (exact) mass is 223 g/mol. The number of aryl methyl sites for hydroxylation is 2. The lowest BCUT2D eigenvalue weighted by molar-refractivity contribution is 0.393. The molecule has 0 fully saturated rings. The maximum atomic E-state index is 9.31. The zero-order valence-corrected chi connectivity index (χ0v) is 9.17. The first-order chi connectivity index (χ1) is 7.09. The molecule has 0 bridgehead atoms. The molecule has 3 nitrogen and oxygen atoms in total. The van der Waals surface area contributed by atoms with Crippen molar-refractivity contribution in [2.45, 2.75) is 13.8 Å². The van der Waals surface area contributed by atoms with Crippen molar-refractivity contribution in [3.8, 4) is 16.9 Å². The summed E-state index contributed by atoms with van der Waals surface area (Å²) in [6, 6.07) is 5.04. The number of hydrogen-bond acceptors (Lipinski definition) is 3. The van der Waals surface area contributed by atoms with Crippen LogP contribution < -0.4 is 0 Å². The van der Waals surface area contributed by atoms with Gasteiger partial charge in [0.2, 0.25) is 0 Å². The molecule has 0 radical (unpaired) electrons. The van der Waals surface area contributed by atoms with E-state index in [2.05, 4.69) is 5.16 Å². The number of benzene rings is 1. The van der Waals surface area contributed by atoms with Crippen LogP contribution in [0.2, 0.25) is 5.02 Å². The quantitative estimate of drug-likeness (QED) is 0.807. The molecule has 1 aromatic carbocycles. The lowest BCUT2D eigenvalue weighted by Gasteiger charge is -2.02. The van der Waals surface area contributed by atoms with Crippen LogP contribution in [0.3, 0.4) is 0 Å². The third-order valence-corrected chi connectivity index (χ3v) is 2.57. The zero-order chi connectivity index (χ0) is 11.0. The van der Waals surface area contributed by atoms with Crippen LogP contribution in [-0.2, 0) is 0 Å². The van der Waals surface area contributed by atoms with Crippen molar-refractivity contribution in [3.63, 3.8) is 0 Å². The molecular weight excluding hydrogens is 214 g/mol. The van der Waals surface area contributed by atoms with Gasteiger partial charge in [0, 0.05) is 5.56 Å². The standard InChI is InChI=1S/C11H10ClNO2/c1-6-11(7(2)15-13-6)8-3-4-10(14)9(12)5-8/h3-5,14H,1-2H3. The second-order valence-electron chi connectivity index (χ2n) is 3.37. The van der Waals surface area contributed by atoms with Crippen molar-refractivity contribution < 1.29 is 9.63 Å². The molecule has 78 valence electrons. The molecule has 0 atom stereocenters. The summed E-state index contributed by atoms with van der Waals surface area (Å²) in [5.41, 5.74) is 2.64. The number of rotatable bonds is 1. The molecule has 15 heavy (non-hydrogen) atoms. The van der Waals surface area contributed by atoms with Crippen molar-refractivity contribution in [1.29, 1.82) is 0 Å². The Hall–Kier alpha value is -1.48. The second kappa shape index (κ2) is 3.59. The fourth-order valence-electron chi connectivity index (χ4n) is 1.56. The van der Waals surface area contributed by atoms with E-state index in [-0.39, 0.29) is 5.75 Å². The third kappa shape index (κ3) is 1.70. The molecule has 2 rings (SSSR count). The Bertz CT molecular complexity index is 486. The maximum Gasteiger partial charge on any atom is 0.141 e. The first-order valence-electron chi connectivity index (χ1n) is 4.51. The van der Waals surface area contributed by atoms with E-state index >= 15 is 0 Å². The fraction of sp³-hybridized carbons (Fsp3) is 0.182. The molecule has 0 aliphatic carbocycles. The highest BCUT2D eigenvalue weighted by atomic mass is 35.5. The van der Waals surface area contributed by atoms with E-state index in [1.807, 2.05) is 13.8 Å². The van der Waals surface area contributed by atoms with E-state index in [1.54, 1.807) is 18.2 Å². The van der Waals surface area contributed by atoms with Gasteiger partial charge in [-0.05, 0) is 31.5 Å².